The second-order valence-corrected chi connectivity index (χ2v) is 5.80. The Morgan fingerprint density at radius 1 is 1.29 bits per heavy atom. The summed E-state index contributed by atoms with van der Waals surface area (Å²) in [5.41, 5.74) is 1.92. The van der Waals surface area contributed by atoms with E-state index in [2.05, 4.69) is 5.32 Å². The average molecular weight is 303 g/mol. The SMILES string of the molecule is C[C@@H]1NC(=S)N(Cc2ccc(N3CCCC3=O)cc2)C1=O. The molecule has 1 atom stereocenters. The number of benzene rings is 1. The van der Waals surface area contributed by atoms with Crippen LogP contribution in [-0.4, -0.2) is 34.4 Å². The number of nitrogens with one attached hydrogen (secondary N) is 1. The van der Waals surface area contributed by atoms with Crippen molar-refractivity contribution in [1.82, 2.24) is 10.2 Å². The fourth-order valence-corrected chi connectivity index (χ4v) is 3.02. The van der Waals surface area contributed by atoms with Gasteiger partial charge in [0, 0.05) is 18.7 Å². The summed E-state index contributed by atoms with van der Waals surface area (Å²) in [6, 6.07) is 7.50. The zero-order chi connectivity index (χ0) is 15.0. The maximum absolute atomic E-state index is 12.0. The summed E-state index contributed by atoms with van der Waals surface area (Å²) >= 11 is 5.16. The molecule has 0 radical (unpaired) electrons. The normalized spacial score (nSPS) is 22.1. The molecule has 0 saturated carbocycles. The van der Waals surface area contributed by atoms with Crippen LogP contribution in [0.1, 0.15) is 25.3 Å². The third-order valence-electron chi connectivity index (χ3n) is 3.88. The molecule has 2 aliphatic heterocycles. The van der Waals surface area contributed by atoms with Crippen molar-refractivity contribution >= 4 is 34.8 Å². The molecule has 2 aliphatic rings. The lowest BCUT2D eigenvalue weighted by molar-refractivity contribution is -0.127. The number of hydrogen-bond acceptors (Lipinski definition) is 3. The summed E-state index contributed by atoms with van der Waals surface area (Å²) in [6.07, 6.45) is 1.54. The molecule has 2 fully saturated rings. The zero-order valence-corrected chi connectivity index (χ0v) is 12.7. The van der Waals surface area contributed by atoms with Crippen LogP contribution in [0, 0.1) is 0 Å². The molecule has 3 rings (SSSR count). The molecule has 2 heterocycles. The minimum Gasteiger partial charge on any atom is -0.351 e. The van der Waals surface area contributed by atoms with Gasteiger partial charge in [-0.3, -0.25) is 14.5 Å². The third kappa shape index (κ3) is 2.63. The van der Waals surface area contributed by atoms with Gasteiger partial charge in [0.25, 0.3) is 5.91 Å². The van der Waals surface area contributed by atoms with Gasteiger partial charge >= 0.3 is 0 Å². The standard InChI is InChI=1S/C15H17N3O2S/c1-10-14(20)18(15(21)16-10)9-11-4-6-12(7-5-11)17-8-2-3-13(17)19/h4-7,10H,2-3,8-9H2,1H3,(H,16,21)/t10-/m0/s1. The van der Waals surface area contributed by atoms with Crippen LogP contribution in [0.4, 0.5) is 5.69 Å². The fourth-order valence-electron chi connectivity index (χ4n) is 2.69. The molecule has 0 unspecified atom stereocenters. The number of amides is 2. The summed E-state index contributed by atoms with van der Waals surface area (Å²) in [4.78, 5) is 27.1. The number of hydrogen-bond donors (Lipinski definition) is 1. The predicted molar refractivity (Wildman–Crippen MR) is 83.8 cm³/mol. The van der Waals surface area contributed by atoms with E-state index in [9.17, 15) is 9.59 Å². The summed E-state index contributed by atoms with van der Waals surface area (Å²) in [6.45, 7) is 3.05. The molecular weight excluding hydrogens is 286 g/mol. The van der Waals surface area contributed by atoms with Crippen LogP contribution in [0.2, 0.25) is 0 Å². The minimum atomic E-state index is -0.251. The third-order valence-corrected chi connectivity index (χ3v) is 4.22. The van der Waals surface area contributed by atoms with Crippen molar-refractivity contribution in [1.29, 1.82) is 0 Å². The van der Waals surface area contributed by atoms with Gasteiger partial charge in [0.05, 0.1) is 6.54 Å². The van der Waals surface area contributed by atoms with Gasteiger partial charge in [-0.15, -0.1) is 0 Å². The van der Waals surface area contributed by atoms with Crippen LogP contribution in [0.15, 0.2) is 24.3 Å². The lowest BCUT2D eigenvalue weighted by atomic mass is 10.2. The Morgan fingerprint density at radius 2 is 2.00 bits per heavy atom. The monoisotopic (exact) mass is 303 g/mol. The van der Waals surface area contributed by atoms with E-state index in [1.807, 2.05) is 24.3 Å². The summed E-state index contributed by atoms with van der Waals surface area (Å²) in [5.74, 6) is 0.176. The molecule has 5 nitrogen and oxygen atoms in total. The maximum atomic E-state index is 12.0. The van der Waals surface area contributed by atoms with Crippen molar-refractivity contribution in [3.05, 3.63) is 29.8 Å². The Bertz CT molecular complexity index is 599. The van der Waals surface area contributed by atoms with Gasteiger partial charge in [-0.1, -0.05) is 12.1 Å². The Morgan fingerprint density at radius 3 is 2.52 bits per heavy atom. The van der Waals surface area contributed by atoms with E-state index in [4.69, 9.17) is 12.2 Å². The number of rotatable bonds is 3. The minimum absolute atomic E-state index is 0.00111. The highest BCUT2D eigenvalue weighted by molar-refractivity contribution is 7.80. The van der Waals surface area contributed by atoms with E-state index >= 15 is 0 Å². The largest absolute Gasteiger partial charge is 0.351 e. The lowest BCUT2D eigenvalue weighted by Crippen LogP contribution is -2.30. The number of carbonyl (C=O) groups excluding carboxylic acids is 2. The van der Waals surface area contributed by atoms with Gasteiger partial charge in [0.2, 0.25) is 5.91 Å². The van der Waals surface area contributed by atoms with Crippen molar-refractivity contribution in [3.63, 3.8) is 0 Å². The molecule has 6 heteroatoms. The van der Waals surface area contributed by atoms with E-state index in [0.29, 0.717) is 18.1 Å². The molecule has 0 aliphatic carbocycles. The molecule has 1 aromatic rings. The molecule has 1 aromatic carbocycles. The summed E-state index contributed by atoms with van der Waals surface area (Å²) in [5, 5.41) is 3.43. The Labute approximate surface area is 128 Å². The van der Waals surface area contributed by atoms with Crippen molar-refractivity contribution in [3.8, 4) is 0 Å². The maximum Gasteiger partial charge on any atom is 0.251 e. The van der Waals surface area contributed by atoms with Crippen LogP contribution in [0.5, 0.6) is 0 Å². The van der Waals surface area contributed by atoms with E-state index in [-0.39, 0.29) is 17.9 Å². The first-order chi connectivity index (χ1) is 10.1. The van der Waals surface area contributed by atoms with Gasteiger partial charge < -0.3 is 10.2 Å². The quantitative estimate of drug-likeness (QED) is 0.858. The molecule has 0 aromatic heterocycles. The fraction of sp³-hybridized carbons (Fsp3) is 0.400. The highest BCUT2D eigenvalue weighted by Crippen LogP contribution is 2.22. The molecule has 21 heavy (non-hydrogen) atoms. The molecule has 2 amide bonds. The average Bonchev–Trinajstić information content (AvgIpc) is 2.99. The molecule has 110 valence electrons. The first-order valence-electron chi connectivity index (χ1n) is 7.07. The first kappa shape index (κ1) is 14.0. The smallest absolute Gasteiger partial charge is 0.251 e. The second kappa shape index (κ2) is 5.44. The molecular formula is C15H17N3O2S. The molecule has 0 spiro atoms. The van der Waals surface area contributed by atoms with E-state index < -0.39 is 0 Å². The number of anilines is 1. The van der Waals surface area contributed by atoms with Gasteiger partial charge in [-0.25, -0.2) is 0 Å². The predicted octanol–water partition coefficient (Wildman–Crippen LogP) is 1.42. The number of carbonyl (C=O) groups is 2. The zero-order valence-electron chi connectivity index (χ0n) is 11.8. The van der Waals surface area contributed by atoms with E-state index in [1.54, 1.807) is 16.7 Å². The second-order valence-electron chi connectivity index (χ2n) is 5.41. The molecule has 2 saturated heterocycles. The highest BCUT2D eigenvalue weighted by Gasteiger charge is 2.32. The van der Waals surface area contributed by atoms with Crippen molar-refractivity contribution in [2.75, 3.05) is 11.4 Å². The Hall–Kier alpha value is -1.95. The van der Waals surface area contributed by atoms with Gasteiger partial charge in [-0.2, -0.15) is 0 Å². The van der Waals surface area contributed by atoms with Gasteiger partial charge in [0.15, 0.2) is 5.11 Å². The van der Waals surface area contributed by atoms with Crippen LogP contribution in [-0.2, 0) is 16.1 Å². The van der Waals surface area contributed by atoms with Crippen LogP contribution in [0.25, 0.3) is 0 Å². The van der Waals surface area contributed by atoms with Gasteiger partial charge in [0.1, 0.15) is 6.04 Å². The first-order valence-corrected chi connectivity index (χ1v) is 7.48. The summed E-state index contributed by atoms with van der Waals surface area (Å²) < 4.78 is 0. The van der Waals surface area contributed by atoms with E-state index in [1.165, 1.54) is 0 Å². The van der Waals surface area contributed by atoms with Crippen LogP contribution in [0.3, 0.4) is 0 Å². The Kier molecular flexibility index (Phi) is 3.63. The summed E-state index contributed by atoms with van der Waals surface area (Å²) in [7, 11) is 0. The lowest BCUT2D eigenvalue weighted by Gasteiger charge is -2.18. The number of nitrogens with zero attached hydrogens (tertiary/aromatic N) is 2. The van der Waals surface area contributed by atoms with Crippen molar-refractivity contribution in [2.45, 2.75) is 32.4 Å². The highest BCUT2D eigenvalue weighted by atomic mass is 32.1. The van der Waals surface area contributed by atoms with Gasteiger partial charge in [-0.05, 0) is 43.3 Å². The molecule has 0 bridgehead atoms. The van der Waals surface area contributed by atoms with Crippen molar-refractivity contribution < 1.29 is 9.59 Å². The van der Waals surface area contributed by atoms with E-state index in [0.717, 1.165) is 24.2 Å². The topological polar surface area (TPSA) is 52.6 Å². The van der Waals surface area contributed by atoms with Crippen molar-refractivity contribution in [2.24, 2.45) is 0 Å². The Balaban J connectivity index is 1.71. The molecule has 1 N–H and O–H groups in total. The number of thiocarbonyl (C=S) groups is 1. The van der Waals surface area contributed by atoms with Crippen LogP contribution < -0.4 is 10.2 Å². The van der Waals surface area contributed by atoms with Crippen LogP contribution >= 0.6 is 12.2 Å².